The van der Waals surface area contributed by atoms with Crippen LogP contribution in [0.1, 0.15) is 41.6 Å². The summed E-state index contributed by atoms with van der Waals surface area (Å²) in [6.07, 6.45) is 4.34. The molecule has 1 saturated carbocycles. The smallest absolute Gasteiger partial charge is 0.251 e. The molecule has 2 nitrogen and oxygen atoms in total. The maximum Gasteiger partial charge on any atom is 0.251 e. The second-order valence-electron chi connectivity index (χ2n) is 4.89. The Morgan fingerprint density at radius 2 is 2.00 bits per heavy atom. The normalized spacial score (nSPS) is 23.7. The summed E-state index contributed by atoms with van der Waals surface area (Å²) >= 11 is 9.65. The van der Waals surface area contributed by atoms with Crippen LogP contribution >= 0.6 is 27.5 Å². The third-order valence-electron chi connectivity index (χ3n) is 3.43. The van der Waals surface area contributed by atoms with Crippen LogP contribution in [0, 0.1) is 6.92 Å². The monoisotopic (exact) mass is 329 g/mol. The summed E-state index contributed by atoms with van der Waals surface area (Å²) in [4.78, 5) is 12.7. The van der Waals surface area contributed by atoms with Gasteiger partial charge in [-0.3, -0.25) is 4.79 Å². The largest absolute Gasteiger partial charge is 0.349 e. The molecular formula is C14H17BrClNO. The van der Waals surface area contributed by atoms with E-state index in [9.17, 15) is 4.79 Å². The van der Waals surface area contributed by atoms with Crippen molar-refractivity contribution in [2.24, 2.45) is 0 Å². The average Bonchev–Trinajstić information content (AvgIpc) is 2.35. The lowest BCUT2D eigenvalue weighted by atomic mass is 9.95. The second kappa shape index (κ2) is 6.07. The number of rotatable bonds is 2. The van der Waals surface area contributed by atoms with Crippen LogP contribution in [-0.2, 0) is 0 Å². The number of hydrogen-bond donors (Lipinski definition) is 1. The molecule has 0 atom stereocenters. The van der Waals surface area contributed by atoms with E-state index in [1.54, 1.807) is 6.07 Å². The quantitative estimate of drug-likeness (QED) is 0.813. The van der Waals surface area contributed by atoms with Crippen molar-refractivity contribution in [3.05, 3.63) is 34.3 Å². The fourth-order valence-electron chi connectivity index (χ4n) is 2.20. The molecule has 1 aliphatic rings. The van der Waals surface area contributed by atoms with Gasteiger partial charge < -0.3 is 5.32 Å². The molecule has 2 rings (SSSR count). The highest BCUT2D eigenvalue weighted by atomic mass is 79.9. The highest BCUT2D eigenvalue weighted by Crippen LogP contribution is 2.24. The van der Waals surface area contributed by atoms with Gasteiger partial charge in [-0.15, -0.1) is 0 Å². The zero-order chi connectivity index (χ0) is 13.1. The molecule has 0 saturated heterocycles. The lowest BCUT2D eigenvalue weighted by Crippen LogP contribution is -2.37. The highest BCUT2D eigenvalue weighted by Gasteiger charge is 2.21. The Bertz CT molecular complexity index is 441. The van der Waals surface area contributed by atoms with Crippen molar-refractivity contribution in [1.82, 2.24) is 5.32 Å². The van der Waals surface area contributed by atoms with Crippen molar-refractivity contribution in [2.45, 2.75) is 43.5 Å². The number of halogens is 2. The van der Waals surface area contributed by atoms with Gasteiger partial charge in [0.1, 0.15) is 0 Å². The van der Waals surface area contributed by atoms with Crippen molar-refractivity contribution in [3.8, 4) is 0 Å². The van der Waals surface area contributed by atoms with Crippen LogP contribution in [0.4, 0.5) is 0 Å². The average molecular weight is 331 g/mol. The third-order valence-corrected chi connectivity index (χ3v) is 4.75. The minimum Gasteiger partial charge on any atom is -0.349 e. The lowest BCUT2D eigenvalue weighted by Gasteiger charge is -2.26. The molecule has 0 bridgehead atoms. The molecule has 0 aromatic heterocycles. The van der Waals surface area contributed by atoms with Crippen LogP contribution in [0.15, 0.2) is 18.2 Å². The van der Waals surface area contributed by atoms with Gasteiger partial charge >= 0.3 is 0 Å². The molecule has 1 N–H and O–H groups in total. The molecular weight excluding hydrogens is 314 g/mol. The molecule has 0 unspecified atom stereocenters. The van der Waals surface area contributed by atoms with Crippen LogP contribution < -0.4 is 5.32 Å². The van der Waals surface area contributed by atoms with E-state index in [0.717, 1.165) is 31.2 Å². The van der Waals surface area contributed by atoms with Crippen molar-refractivity contribution >= 4 is 33.4 Å². The van der Waals surface area contributed by atoms with Gasteiger partial charge in [-0.05, 0) is 50.3 Å². The van der Waals surface area contributed by atoms with Gasteiger partial charge in [0.2, 0.25) is 0 Å². The number of nitrogens with one attached hydrogen (secondary N) is 1. The second-order valence-corrected chi connectivity index (χ2v) is 6.59. The van der Waals surface area contributed by atoms with Crippen LogP contribution in [0.3, 0.4) is 0 Å². The predicted octanol–water partition coefficient (Wildman–Crippen LogP) is 4.08. The summed E-state index contributed by atoms with van der Waals surface area (Å²) in [5.41, 5.74) is 1.64. The van der Waals surface area contributed by atoms with Crippen molar-refractivity contribution < 1.29 is 4.79 Å². The van der Waals surface area contributed by atoms with Crippen LogP contribution in [-0.4, -0.2) is 16.8 Å². The van der Waals surface area contributed by atoms with Crippen molar-refractivity contribution in [3.63, 3.8) is 0 Å². The molecule has 1 aromatic rings. The number of aryl methyl sites for hydroxylation is 1. The number of amides is 1. The van der Waals surface area contributed by atoms with Crippen LogP contribution in [0.2, 0.25) is 5.02 Å². The Hall–Kier alpha value is -0.540. The van der Waals surface area contributed by atoms with Gasteiger partial charge in [0, 0.05) is 21.5 Å². The van der Waals surface area contributed by atoms with E-state index in [0.29, 0.717) is 21.5 Å². The molecule has 1 amide bonds. The first-order valence-electron chi connectivity index (χ1n) is 6.27. The summed E-state index contributed by atoms with van der Waals surface area (Å²) in [7, 11) is 0. The number of alkyl halides is 1. The minimum absolute atomic E-state index is 0.0186. The summed E-state index contributed by atoms with van der Waals surface area (Å²) in [6.45, 7) is 1.93. The Labute approximate surface area is 121 Å². The van der Waals surface area contributed by atoms with E-state index in [2.05, 4.69) is 21.2 Å². The Morgan fingerprint density at radius 3 is 2.61 bits per heavy atom. The minimum atomic E-state index is -0.0186. The maximum atomic E-state index is 12.1. The van der Waals surface area contributed by atoms with Crippen molar-refractivity contribution in [1.29, 1.82) is 0 Å². The van der Waals surface area contributed by atoms with Gasteiger partial charge in [0.25, 0.3) is 5.91 Å². The van der Waals surface area contributed by atoms with E-state index in [1.807, 2.05) is 19.1 Å². The van der Waals surface area contributed by atoms with Crippen LogP contribution in [0.25, 0.3) is 0 Å². The molecule has 0 radical (unpaired) electrons. The molecule has 4 heteroatoms. The lowest BCUT2D eigenvalue weighted by molar-refractivity contribution is 0.0928. The van der Waals surface area contributed by atoms with Gasteiger partial charge in [0.15, 0.2) is 0 Å². The van der Waals surface area contributed by atoms with Crippen molar-refractivity contribution in [2.75, 3.05) is 0 Å². The first kappa shape index (κ1) is 13.9. The standard InChI is InChI=1S/C14H17BrClNO/c1-9-2-3-10(8-13(9)16)14(18)17-12-6-4-11(15)5-7-12/h2-3,8,11-12H,4-7H2,1H3,(H,17,18). The van der Waals surface area contributed by atoms with E-state index in [-0.39, 0.29) is 5.91 Å². The number of hydrogen-bond acceptors (Lipinski definition) is 1. The molecule has 18 heavy (non-hydrogen) atoms. The topological polar surface area (TPSA) is 29.1 Å². The van der Waals surface area contributed by atoms with Gasteiger partial charge in [0.05, 0.1) is 0 Å². The Balaban J connectivity index is 1.97. The molecule has 98 valence electrons. The van der Waals surface area contributed by atoms with Gasteiger partial charge in [-0.25, -0.2) is 0 Å². The fraction of sp³-hybridized carbons (Fsp3) is 0.500. The summed E-state index contributed by atoms with van der Waals surface area (Å²) in [6, 6.07) is 5.74. The van der Waals surface area contributed by atoms with E-state index >= 15 is 0 Å². The van der Waals surface area contributed by atoms with Gasteiger partial charge in [-0.1, -0.05) is 33.6 Å². The fourth-order valence-corrected chi connectivity index (χ4v) is 2.91. The molecule has 0 aliphatic heterocycles. The Morgan fingerprint density at radius 1 is 1.33 bits per heavy atom. The zero-order valence-electron chi connectivity index (χ0n) is 10.4. The Kier molecular flexibility index (Phi) is 4.68. The summed E-state index contributed by atoms with van der Waals surface area (Å²) in [5.74, 6) is -0.0186. The SMILES string of the molecule is Cc1ccc(C(=O)NC2CCC(Br)CC2)cc1Cl. The van der Waals surface area contributed by atoms with E-state index in [4.69, 9.17) is 11.6 Å². The summed E-state index contributed by atoms with van der Waals surface area (Å²) in [5, 5.41) is 3.73. The van der Waals surface area contributed by atoms with Crippen LogP contribution in [0.5, 0.6) is 0 Å². The number of benzene rings is 1. The number of carbonyl (C=O) groups is 1. The first-order chi connectivity index (χ1) is 8.56. The third kappa shape index (κ3) is 3.48. The molecule has 1 fully saturated rings. The first-order valence-corrected chi connectivity index (χ1v) is 7.56. The molecule has 0 heterocycles. The maximum absolute atomic E-state index is 12.1. The number of carbonyl (C=O) groups excluding carboxylic acids is 1. The van der Waals surface area contributed by atoms with E-state index < -0.39 is 0 Å². The molecule has 0 spiro atoms. The molecule has 1 aromatic carbocycles. The zero-order valence-corrected chi connectivity index (χ0v) is 12.7. The van der Waals surface area contributed by atoms with Gasteiger partial charge in [-0.2, -0.15) is 0 Å². The highest BCUT2D eigenvalue weighted by molar-refractivity contribution is 9.09. The van der Waals surface area contributed by atoms with E-state index in [1.165, 1.54) is 0 Å². The predicted molar refractivity (Wildman–Crippen MR) is 78.6 cm³/mol. The molecule has 1 aliphatic carbocycles. The summed E-state index contributed by atoms with van der Waals surface area (Å²) < 4.78 is 0.